The van der Waals surface area contributed by atoms with Gasteiger partial charge in [0.15, 0.2) is 0 Å². The van der Waals surface area contributed by atoms with E-state index in [0.29, 0.717) is 0 Å². The maximum Gasteiger partial charge on any atom is 0.128 e. The second kappa shape index (κ2) is 4.47. The Balaban J connectivity index is 2.71. The van der Waals surface area contributed by atoms with Crippen LogP contribution in [-0.4, -0.2) is 24.0 Å². The number of rotatable bonds is 3. The van der Waals surface area contributed by atoms with Crippen LogP contribution in [0.5, 0.6) is 0 Å². The van der Waals surface area contributed by atoms with Crippen molar-refractivity contribution in [3.05, 3.63) is 23.9 Å². The summed E-state index contributed by atoms with van der Waals surface area (Å²) in [5.41, 5.74) is 1.22. The molecule has 1 unspecified atom stereocenters. The summed E-state index contributed by atoms with van der Waals surface area (Å²) in [7, 11) is 2.00. The molecule has 1 heterocycles. The highest BCUT2D eigenvalue weighted by Gasteiger charge is 2.04. The lowest BCUT2D eigenvalue weighted by Gasteiger charge is -2.19. The maximum atomic E-state index is 5.89. The molecule has 0 N–H and O–H groups in total. The summed E-state index contributed by atoms with van der Waals surface area (Å²) < 4.78 is 0. The van der Waals surface area contributed by atoms with E-state index in [2.05, 4.69) is 22.9 Å². The zero-order chi connectivity index (χ0) is 9.84. The van der Waals surface area contributed by atoms with E-state index in [1.54, 1.807) is 0 Å². The van der Waals surface area contributed by atoms with Crippen molar-refractivity contribution in [2.75, 3.05) is 18.5 Å². The number of aromatic nitrogens is 1. The fourth-order valence-electron chi connectivity index (χ4n) is 1.20. The van der Waals surface area contributed by atoms with Gasteiger partial charge in [-0.25, -0.2) is 4.98 Å². The van der Waals surface area contributed by atoms with Gasteiger partial charge in [-0.05, 0) is 31.5 Å². The lowest BCUT2D eigenvalue weighted by atomic mass is 10.3. The minimum Gasteiger partial charge on any atom is -0.358 e. The van der Waals surface area contributed by atoms with Crippen molar-refractivity contribution >= 4 is 17.4 Å². The van der Waals surface area contributed by atoms with Gasteiger partial charge in [0.05, 0.1) is 0 Å². The average molecular weight is 199 g/mol. The molecule has 13 heavy (non-hydrogen) atoms. The number of aryl methyl sites for hydroxylation is 1. The Labute approximate surface area is 84.5 Å². The first-order chi connectivity index (χ1) is 6.09. The van der Waals surface area contributed by atoms with Crippen LogP contribution in [0.2, 0.25) is 0 Å². The first-order valence-electron chi connectivity index (χ1n) is 4.37. The quantitative estimate of drug-likeness (QED) is 0.694. The van der Waals surface area contributed by atoms with Crippen LogP contribution in [0.25, 0.3) is 0 Å². The minimum absolute atomic E-state index is 0.146. The molecule has 1 rings (SSSR count). The highest BCUT2D eigenvalue weighted by molar-refractivity contribution is 6.20. The van der Waals surface area contributed by atoms with Gasteiger partial charge in [-0.3, -0.25) is 0 Å². The molecule has 0 aliphatic heterocycles. The van der Waals surface area contributed by atoms with E-state index in [0.717, 1.165) is 12.4 Å². The molecule has 72 valence electrons. The molecule has 0 radical (unpaired) electrons. The number of pyridine rings is 1. The van der Waals surface area contributed by atoms with Gasteiger partial charge in [0.1, 0.15) is 5.82 Å². The first kappa shape index (κ1) is 10.3. The van der Waals surface area contributed by atoms with Crippen molar-refractivity contribution in [3.63, 3.8) is 0 Å². The number of alkyl halides is 1. The zero-order valence-corrected chi connectivity index (χ0v) is 9.04. The van der Waals surface area contributed by atoms with Gasteiger partial charge in [-0.1, -0.05) is 0 Å². The largest absolute Gasteiger partial charge is 0.358 e. The summed E-state index contributed by atoms with van der Waals surface area (Å²) in [5.74, 6) is 0.979. The molecule has 0 fully saturated rings. The van der Waals surface area contributed by atoms with Crippen LogP contribution in [0.1, 0.15) is 12.5 Å². The molecule has 0 aliphatic rings. The Morgan fingerprint density at radius 3 is 2.85 bits per heavy atom. The molecule has 0 aliphatic carbocycles. The molecule has 0 saturated carbocycles. The predicted octanol–water partition coefficient (Wildman–Crippen LogP) is 2.45. The molecular weight excluding hydrogens is 184 g/mol. The average Bonchev–Trinajstić information content (AvgIpc) is 2.03. The Bertz CT molecular complexity index is 273. The van der Waals surface area contributed by atoms with Crippen LogP contribution in [0, 0.1) is 6.92 Å². The number of hydrogen-bond acceptors (Lipinski definition) is 2. The summed E-state index contributed by atoms with van der Waals surface area (Å²) in [6, 6.07) is 4.04. The maximum absolute atomic E-state index is 5.89. The van der Waals surface area contributed by atoms with Crippen LogP contribution in [0.4, 0.5) is 5.82 Å². The van der Waals surface area contributed by atoms with Crippen LogP contribution >= 0.6 is 11.6 Å². The molecular formula is C10H15ClN2. The molecule has 1 aromatic heterocycles. The summed E-state index contributed by atoms with van der Waals surface area (Å²) in [4.78, 5) is 6.32. The smallest absolute Gasteiger partial charge is 0.128 e. The normalized spacial score (nSPS) is 12.6. The fourth-order valence-corrected chi connectivity index (χ4v) is 1.41. The highest BCUT2D eigenvalue weighted by Crippen LogP contribution is 2.11. The molecule has 0 amide bonds. The van der Waals surface area contributed by atoms with Crippen LogP contribution in [-0.2, 0) is 0 Å². The lowest BCUT2D eigenvalue weighted by Crippen LogP contribution is -2.24. The van der Waals surface area contributed by atoms with Crippen molar-refractivity contribution in [2.24, 2.45) is 0 Å². The third kappa shape index (κ3) is 3.23. The van der Waals surface area contributed by atoms with E-state index >= 15 is 0 Å². The Morgan fingerprint density at radius 2 is 2.31 bits per heavy atom. The molecule has 0 saturated heterocycles. The number of halogens is 1. The molecule has 1 atom stereocenters. The van der Waals surface area contributed by atoms with Crippen molar-refractivity contribution in [1.29, 1.82) is 0 Å². The summed E-state index contributed by atoms with van der Waals surface area (Å²) in [6.07, 6.45) is 1.82. The third-order valence-electron chi connectivity index (χ3n) is 1.82. The zero-order valence-electron chi connectivity index (χ0n) is 8.29. The molecule has 3 heteroatoms. The van der Waals surface area contributed by atoms with E-state index in [1.165, 1.54) is 5.56 Å². The van der Waals surface area contributed by atoms with Crippen LogP contribution < -0.4 is 4.90 Å². The summed E-state index contributed by atoms with van der Waals surface area (Å²) >= 11 is 5.89. The van der Waals surface area contributed by atoms with Crippen molar-refractivity contribution < 1.29 is 0 Å². The van der Waals surface area contributed by atoms with Crippen LogP contribution in [0.15, 0.2) is 18.3 Å². The number of anilines is 1. The third-order valence-corrected chi connectivity index (χ3v) is 1.96. The van der Waals surface area contributed by atoms with Crippen molar-refractivity contribution in [2.45, 2.75) is 19.2 Å². The second-order valence-electron chi connectivity index (χ2n) is 3.35. The van der Waals surface area contributed by atoms with Gasteiger partial charge in [-0.2, -0.15) is 0 Å². The molecule has 0 spiro atoms. The van der Waals surface area contributed by atoms with E-state index in [1.807, 2.05) is 26.2 Å². The van der Waals surface area contributed by atoms with Gasteiger partial charge in [0.25, 0.3) is 0 Å². The Hall–Kier alpha value is -0.760. The second-order valence-corrected chi connectivity index (χ2v) is 4.10. The van der Waals surface area contributed by atoms with Crippen LogP contribution in [0.3, 0.4) is 0 Å². The molecule has 0 aromatic carbocycles. The number of hydrogen-bond donors (Lipinski definition) is 0. The predicted molar refractivity (Wildman–Crippen MR) is 57.6 cm³/mol. The van der Waals surface area contributed by atoms with Crippen molar-refractivity contribution in [1.82, 2.24) is 4.98 Å². The van der Waals surface area contributed by atoms with Gasteiger partial charge in [0, 0.05) is 25.2 Å². The summed E-state index contributed by atoms with van der Waals surface area (Å²) in [6.45, 7) is 4.86. The molecule has 2 nitrogen and oxygen atoms in total. The standard InChI is InChI=1S/C10H15ClN2/c1-8-4-5-12-10(6-8)13(3)7-9(2)11/h4-6,9H,7H2,1-3H3. The topological polar surface area (TPSA) is 16.1 Å². The van der Waals surface area contributed by atoms with Gasteiger partial charge in [0.2, 0.25) is 0 Å². The van der Waals surface area contributed by atoms with Gasteiger partial charge < -0.3 is 4.90 Å². The number of nitrogens with zero attached hydrogens (tertiary/aromatic N) is 2. The van der Waals surface area contributed by atoms with E-state index in [-0.39, 0.29) is 5.38 Å². The monoisotopic (exact) mass is 198 g/mol. The van der Waals surface area contributed by atoms with Gasteiger partial charge in [-0.15, -0.1) is 11.6 Å². The fraction of sp³-hybridized carbons (Fsp3) is 0.500. The van der Waals surface area contributed by atoms with Gasteiger partial charge >= 0.3 is 0 Å². The van der Waals surface area contributed by atoms with E-state index in [4.69, 9.17) is 11.6 Å². The highest BCUT2D eigenvalue weighted by atomic mass is 35.5. The van der Waals surface area contributed by atoms with E-state index in [9.17, 15) is 0 Å². The molecule has 1 aromatic rings. The minimum atomic E-state index is 0.146. The molecule has 0 bridgehead atoms. The van der Waals surface area contributed by atoms with E-state index < -0.39 is 0 Å². The Kier molecular flexibility index (Phi) is 3.55. The lowest BCUT2D eigenvalue weighted by molar-refractivity contribution is 0.843. The Morgan fingerprint density at radius 1 is 1.62 bits per heavy atom. The van der Waals surface area contributed by atoms with Crippen molar-refractivity contribution in [3.8, 4) is 0 Å². The SMILES string of the molecule is Cc1ccnc(N(C)CC(C)Cl)c1. The summed E-state index contributed by atoms with van der Waals surface area (Å²) in [5, 5.41) is 0.146. The first-order valence-corrected chi connectivity index (χ1v) is 4.81.